The van der Waals surface area contributed by atoms with Crippen molar-refractivity contribution >= 4 is 17.1 Å². The maximum atomic E-state index is 5.18. The van der Waals surface area contributed by atoms with Crippen LogP contribution in [0.1, 0.15) is 22.3 Å². The molecule has 0 saturated heterocycles. The molecule has 1 aliphatic carbocycles. The van der Waals surface area contributed by atoms with Crippen LogP contribution >= 0.6 is 0 Å². The van der Waals surface area contributed by atoms with Gasteiger partial charge in [0.25, 0.3) is 0 Å². The Morgan fingerprint density at radius 1 is 0.304 bits per heavy atom. The Hall–Kier alpha value is -7.43. The van der Waals surface area contributed by atoms with Crippen molar-refractivity contribution < 1.29 is 0 Å². The molecule has 4 heteroatoms. The van der Waals surface area contributed by atoms with E-state index in [-0.39, 0.29) is 0 Å². The smallest absolute Gasteiger partial charge is 0.164 e. The number of para-hydroxylation sites is 2. The monoisotopic (exact) mass is 714 g/mol. The van der Waals surface area contributed by atoms with Gasteiger partial charge in [-0.1, -0.05) is 176 Å². The van der Waals surface area contributed by atoms with E-state index in [1.54, 1.807) is 0 Å². The molecule has 1 spiro atoms. The third-order valence-electron chi connectivity index (χ3n) is 11.3. The van der Waals surface area contributed by atoms with Gasteiger partial charge in [-0.15, -0.1) is 0 Å². The van der Waals surface area contributed by atoms with E-state index in [1.807, 2.05) is 24.3 Å². The second-order valence-electron chi connectivity index (χ2n) is 14.4. The summed E-state index contributed by atoms with van der Waals surface area (Å²) in [6.07, 6.45) is 0. The molecule has 56 heavy (non-hydrogen) atoms. The van der Waals surface area contributed by atoms with Gasteiger partial charge in [0.2, 0.25) is 0 Å². The SMILES string of the molecule is c1ccc(-c2cccc(-c3nc(-c4ccccc4)nc(-c4cccc(N5c6ccccc6C6(c7ccccc7-c7ccccc76)c6ccccc65)c4)n3)c2)cc1. The lowest BCUT2D eigenvalue weighted by molar-refractivity contribution is 0.752. The van der Waals surface area contributed by atoms with Crippen molar-refractivity contribution in [2.24, 2.45) is 0 Å². The van der Waals surface area contributed by atoms with E-state index in [0.29, 0.717) is 17.5 Å². The second kappa shape index (κ2) is 12.9. The van der Waals surface area contributed by atoms with Crippen LogP contribution in [0.25, 0.3) is 56.4 Å². The highest BCUT2D eigenvalue weighted by Crippen LogP contribution is 2.63. The summed E-state index contributed by atoms with van der Waals surface area (Å²) in [5.74, 6) is 1.89. The topological polar surface area (TPSA) is 41.9 Å². The molecule has 0 amide bonds. The highest BCUT2D eigenvalue weighted by atomic mass is 15.2. The molecule has 262 valence electrons. The number of benzene rings is 8. The van der Waals surface area contributed by atoms with Crippen LogP contribution in [0.15, 0.2) is 206 Å². The standard InChI is InChI=1S/C52H34N4/c1-3-17-35(18-4-1)37-21-15-22-38(33-37)50-53-49(36-19-5-2-6-20-36)54-51(55-50)39-23-16-24-40(34-39)56-47-31-13-11-29-45(47)52(46-30-12-14-32-48(46)56)43-27-9-7-25-41(43)42-26-8-10-28-44(42)52/h1-34H. The average Bonchev–Trinajstić information content (AvgIpc) is 3.58. The van der Waals surface area contributed by atoms with Gasteiger partial charge in [0.1, 0.15) is 0 Å². The van der Waals surface area contributed by atoms with E-state index in [2.05, 4.69) is 187 Å². The zero-order valence-electron chi connectivity index (χ0n) is 30.4. The molecule has 0 saturated carbocycles. The maximum absolute atomic E-state index is 5.18. The van der Waals surface area contributed by atoms with Crippen molar-refractivity contribution in [3.63, 3.8) is 0 Å². The fraction of sp³-hybridized carbons (Fsp3) is 0.0192. The predicted molar refractivity (Wildman–Crippen MR) is 227 cm³/mol. The number of anilines is 3. The summed E-state index contributed by atoms with van der Waals surface area (Å²) in [6, 6.07) is 73.3. The van der Waals surface area contributed by atoms with Crippen LogP contribution in [-0.4, -0.2) is 15.0 Å². The van der Waals surface area contributed by atoms with E-state index < -0.39 is 5.41 Å². The van der Waals surface area contributed by atoms with Gasteiger partial charge in [0.15, 0.2) is 17.5 Å². The summed E-state index contributed by atoms with van der Waals surface area (Å²) in [5, 5.41) is 0. The van der Waals surface area contributed by atoms with Crippen molar-refractivity contribution in [3.8, 4) is 56.4 Å². The van der Waals surface area contributed by atoms with E-state index in [1.165, 1.54) is 33.4 Å². The predicted octanol–water partition coefficient (Wildman–Crippen LogP) is 12.7. The lowest BCUT2D eigenvalue weighted by Crippen LogP contribution is -2.36. The largest absolute Gasteiger partial charge is 0.310 e. The summed E-state index contributed by atoms with van der Waals surface area (Å²) in [6.45, 7) is 0. The number of hydrogen-bond acceptors (Lipinski definition) is 4. The number of nitrogens with zero attached hydrogens (tertiary/aromatic N) is 4. The lowest BCUT2D eigenvalue weighted by Gasteiger charge is -2.45. The highest BCUT2D eigenvalue weighted by molar-refractivity contribution is 5.96. The Morgan fingerprint density at radius 3 is 1.30 bits per heavy atom. The first-order valence-corrected chi connectivity index (χ1v) is 19.0. The second-order valence-corrected chi connectivity index (χ2v) is 14.4. The van der Waals surface area contributed by atoms with Crippen molar-refractivity contribution in [3.05, 3.63) is 229 Å². The maximum Gasteiger partial charge on any atom is 0.164 e. The van der Waals surface area contributed by atoms with Gasteiger partial charge in [0, 0.05) is 22.4 Å². The van der Waals surface area contributed by atoms with Crippen LogP contribution < -0.4 is 4.90 Å². The third-order valence-corrected chi connectivity index (χ3v) is 11.3. The van der Waals surface area contributed by atoms with Gasteiger partial charge in [0.05, 0.1) is 16.8 Å². The summed E-state index contributed by atoms with van der Waals surface area (Å²) in [5.41, 5.74) is 15.6. The molecular formula is C52H34N4. The van der Waals surface area contributed by atoms with Gasteiger partial charge in [-0.05, 0) is 74.8 Å². The normalized spacial score (nSPS) is 13.1. The van der Waals surface area contributed by atoms with Crippen LogP contribution in [0.3, 0.4) is 0 Å². The van der Waals surface area contributed by atoms with Crippen LogP contribution in [0.4, 0.5) is 17.1 Å². The van der Waals surface area contributed by atoms with E-state index in [0.717, 1.165) is 44.9 Å². The van der Waals surface area contributed by atoms with Crippen molar-refractivity contribution in [1.82, 2.24) is 15.0 Å². The molecule has 4 nitrogen and oxygen atoms in total. The van der Waals surface area contributed by atoms with Gasteiger partial charge in [-0.3, -0.25) is 0 Å². The van der Waals surface area contributed by atoms with E-state index in [9.17, 15) is 0 Å². The molecule has 9 aromatic rings. The Kier molecular flexibility index (Phi) is 7.36. The van der Waals surface area contributed by atoms with Gasteiger partial charge < -0.3 is 4.90 Å². The van der Waals surface area contributed by atoms with Crippen molar-refractivity contribution in [2.45, 2.75) is 5.41 Å². The summed E-state index contributed by atoms with van der Waals surface area (Å²) >= 11 is 0. The first-order valence-electron chi connectivity index (χ1n) is 19.0. The minimum Gasteiger partial charge on any atom is -0.310 e. The first kappa shape index (κ1) is 32.0. The van der Waals surface area contributed by atoms with Crippen LogP contribution in [0, 0.1) is 0 Å². The first-order chi connectivity index (χ1) is 27.8. The quantitative estimate of drug-likeness (QED) is 0.178. The number of fused-ring (bicyclic) bond motifs is 9. The molecule has 0 atom stereocenters. The Labute approximate surface area is 326 Å². The van der Waals surface area contributed by atoms with Gasteiger partial charge in [-0.25, -0.2) is 15.0 Å². The molecular weight excluding hydrogens is 681 g/mol. The Morgan fingerprint density at radius 2 is 0.714 bits per heavy atom. The molecule has 0 fully saturated rings. The zero-order valence-corrected chi connectivity index (χ0v) is 30.4. The van der Waals surface area contributed by atoms with Crippen molar-refractivity contribution in [1.29, 1.82) is 0 Å². The third kappa shape index (κ3) is 4.89. The van der Waals surface area contributed by atoms with E-state index in [4.69, 9.17) is 15.0 Å². The van der Waals surface area contributed by atoms with Crippen LogP contribution in [0.5, 0.6) is 0 Å². The molecule has 8 aromatic carbocycles. The van der Waals surface area contributed by atoms with Crippen molar-refractivity contribution in [2.75, 3.05) is 4.90 Å². The van der Waals surface area contributed by atoms with Crippen LogP contribution in [0.2, 0.25) is 0 Å². The molecule has 0 bridgehead atoms. The Bertz CT molecular complexity index is 2840. The molecule has 2 aliphatic rings. The molecule has 2 heterocycles. The number of aromatic nitrogens is 3. The van der Waals surface area contributed by atoms with Gasteiger partial charge >= 0.3 is 0 Å². The fourth-order valence-corrected chi connectivity index (χ4v) is 8.94. The fourth-order valence-electron chi connectivity index (χ4n) is 8.94. The average molecular weight is 715 g/mol. The van der Waals surface area contributed by atoms with Crippen LogP contribution in [-0.2, 0) is 5.41 Å². The minimum absolute atomic E-state index is 0.462. The summed E-state index contributed by atoms with van der Waals surface area (Å²) < 4.78 is 0. The molecule has 0 N–H and O–H groups in total. The van der Waals surface area contributed by atoms with E-state index >= 15 is 0 Å². The molecule has 0 unspecified atom stereocenters. The zero-order chi connectivity index (χ0) is 37.1. The summed E-state index contributed by atoms with van der Waals surface area (Å²) in [7, 11) is 0. The lowest BCUT2D eigenvalue weighted by atomic mass is 9.64. The number of rotatable bonds is 5. The highest BCUT2D eigenvalue weighted by Gasteiger charge is 2.51. The summed E-state index contributed by atoms with van der Waals surface area (Å²) in [4.78, 5) is 17.8. The number of hydrogen-bond donors (Lipinski definition) is 0. The minimum atomic E-state index is -0.462. The Balaban J connectivity index is 1.09. The molecule has 1 aromatic heterocycles. The molecule has 1 aliphatic heterocycles. The molecule has 0 radical (unpaired) electrons. The van der Waals surface area contributed by atoms with Gasteiger partial charge in [-0.2, -0.15) is 0 Å². The molecule has 11 rings (SSSR count).